The van der Waals surface area contributed by atoms with Gasteiger partial charge in [0.15, 0.2) is 0 Å². The van der Waals surface area contributed by atoms with Crippen molar-refractivity contribution in [1.29, 1.82) is 0 Å². The highest BCUT2D eigenvalue weighted by atomic mass is 28.4. The predicted molar refractivity (Wildman–Crippen MR) is 128 cm³/mol. The topological polar surface area (TPSA) is 56.8 Å². The van der Waals surface area contributed by atoms with Crippen LogP contribution in [-0.4, -0.2) is 41.1 Å². The number of rotatable bonds is 21. The van der Waals surface area contributed by atoms with Gasteiger partial charge in [0.2, 0.25) is 5.91 Å². The molecule has 5 nitrogen and oxygen atoms in total. The van der Waals surface area contributed by atoms with Crippen molar-refractivity contribution in [3.63, 3.8) is 0 Å². The van der Waals surface area contributed by atoms with Crippen molar-refractivity contribution in [3.05, 3.63) is 6.42 Å². The second kappa shape index (κ2) is 18.2. The van der Waals surface area contributed by atoms with E-state index in [1.807, 2.05) is 20.8 Å². The molecule has 0 aromatic heterocycles. The number of amides is 1. The highest BCUT2D eigenvalue weighted by molar-refractivity contribution is 6.60. The second-order valence-corrected chi connectivity index (χ2v) is 11.5. The second-order valence-electron chi connectivity index (χ2n) is 8.81. The molecule has 0 fully saturated rings. The SMILES string of the molecule is CCCCCCCC[CH]CCC(=O)NCC(C)(C)CC[Si](OCC)(OCC)OCC. The quantitative estimate of drug-likeness (QED) is 0.167. The van der Waals surface area contributed by atoms with E-state index in [4.69, 9.17) is 13.3 Å². The van der Waals surface area contributed by atoms with Crippen molar-refractivity contribution in [2.45, 2.75) is 112 Å². The van der Waals surface area contributed by atoms with Crippen molar-refractivity contribution in [3.8, 4) is 0 Å². The van der Waals surface area contributed by atoms with E-state index in [9.17, 15) is 4.79 Å². The molecule has 0 bridgehead atoms. The molecule has 1 radical (unpaired) electrons. The van der Waals surface area contributed by atoms with E-state index in [1.165, 1.54) is 38.5 Å². The Labute approximate surface area is 188 Å². The molecule has 6 heteroatoms. The molecular formula is C24H50NO4Si. The first kappa shape index (κ1) is 29.6. The Morgan fingerprint density at radius 3 is 2.00 bits per heavy atom. The van der Waals surface area contributed by atoms with Gasteiger partial charge in [0.05, 0.1) is 0 Å². The normalized spacial score (nSPS) is 12.3. The van der Waals surface area contributed by atoms with E-state index in [1.54, 1.807) is 0 Å². The number of hydrogen-bond acceptors (Lipinski definition) is 4. The van der Waals surface area contributed by atoms with Crippen molar-refractivity contribution in [2.75, 3.05) is 26.4 Å². The molecule has 1 N–H and O–H groups in total. The Balaban J connectivity index is 4.09. The Kier molecular flexibility index (Phi) is 17.9. The molecule has 30 heavy (non-hydrogen) atoms. The van der Waals surface area contributed by atoms with Crippen LogP contribution >= 0.6 is 0 Å². The van der Waals surface area contributed by atoms with Gasteiger partial charge in [-0.05, 0) is 45.4 Å². The Morgan fingerprint density at radius 1 is 0.867 bits per heavy atom. The van der Waals surface area contributed by atoms with Gasteiger partial charge in [-0.25, -0.2) is 0 Å². The highest BCUT2D eigenvalue weighted by Gasteiger charge is 2.41. The first-order chi connectivity index (χ1) is 14.3. The highest BCUT2D eigenvalue weighted by Crippen LogP contribution is 2.28. The lowest BCUT2D eigenvalue weighted by Crippen LogP contribution is -2.47. The largest absolute Gasteiger partial charge is 0.500 e. The zero-order chi connectivity index (χ0) is 22.7. The summed E-state index contributed by atoms with van der Waals surface area (Å²) in [5.41, 5.74) is -0.0264. The fourth-order valence-electron chi connectivity index (χ4n) is 3.45. The molecule has 0 heterocycles. The number of carbonyl (C=O) groups excluding carboxylic acids is 1. The minimum Gasteiger partial charge on any atom is -0.374 e. The van der Waals surface area contributed by atoms with Gasteiger partial charge < -0.3 is 18.6 Å². The fourth-order valence-corrected chi connectivity index (χ4v) is 6.44. The van der Waals surface area contributed by atoms with Crippen LogP contribution in [0.4, 0.5) is 0 Å². The van der Waals surface area contributed by atoms with Crippen LogP contribution in [-0.2, 0) is 18.1 Å². The minimum absolute atomic E-state index is 0.0264. The van der Waals surface area contributed by atoms with Crippen LogP contribution in [0, 0.1) is 11.8 Å². The number of unbranched alkanes of at least 4 members (excludes halogenated alkanes) is 8. The molecule has 0 atom stereocenters. The zero-order valence-corrected chi connectivity index (χ0v) is 21.8. The number of nitrogens with one attached hydrogen (secondary N) is 1. The number of hydrogen-bond donors (Lipinski definition) is 1. The summed E-state index contributed by atoms with van der Waals surface area (Å²) in [6, 6.07) is 0.775. The molecule has 0 rings (SSSR count). The van der Waals surface area contributed by atoms with Crippen LogP contribution in [0.1, 0.15) is 106 Å². The molecule has 0 saturated carbocycles. The number of carbonyl (C=O) groups is 1. The van der Waals surface area contributed by atoms with Gasteiger partial charge in [0.1, 0.15) is 0 Å². The summed E-state index contributed by atoms with van der Waals surface area (Å²) < 4.78 is 17.8. The summed E-state index contributed by atoms with van der Waals surface area (Å²) >= 11 is 0. The average molecular weight is 445 g/mol. The first-order valence-electron chi connectivity index (χ1n) is 12.3. The zero-order valence-electron chi connectivity index (χ0n) is 20.8. The maximum Gasteiger partial charge on any atom is 0.500 e. The maximum absolute atomic E-state index is 12.2. The summed E-state index contributed by atoms with van der Waals surface area (Å²) in [5, 5.41) is 3.11. The lowest BCUT2D eigenvalue weighted by atomic mass is 9.90. The smallest absolute Gasteiger partial charge is 0.374 e. The molecule has 0 aliphatic rings. The monoisotopic (exact) mass is 444 g/mol. The third-order valence-electron chi connectivity index (χ3n) is 5.30. The van der Waals surface area contributed by atoms with E-state index < -0.39 is 8.80 Å². The van der Waals surface area contributed by atoms with Gasteiger partial charge in [0, 0.05) is 38.8 Å². The van der Waals surface area contributed by atoms with E-state index in [0.29, 0.717) is 32.8 Å². The van der Waals surface area contributed by atoms with E-state index in [0.717, 1.165) is 25.3 Å². The minimum atomic E-state index is -2.62. The van der Waals surface area contributed by atoms with Crippen LogP contribution in [0.25, 0.3) is 0 Å². The Bertz CT molecular complexity index is 401. The lowest BCUT2D eigenvalue weighted by molar-refractivity contribution is -0.121. The third-order valence-corrected chi connectivity index (χ3v) is 8.35. The summed E-state index contributed by atoms with van der Waals surface area (Å²) in [4.78, 5) is 12.2. The summed E-state index contributed by atoms with van der Waals surface area (Å²) in [6.45, 7) is 15.0. The van der Waals surface area contributed by atoms with Crippen LogP contribution in [0.5, 0.6) is 0 Å². The van der Waals surface area contributed by atoms with Crippen molar-refractivity contribution in [1.82, 2.24) is 5.32 Å². The molecule has 0 aromatic carbocycles. The third kappa shape index (κ3) is 15.4. The van der Waals surface area contributed by atoms with Crippen LogP contribution in [0.3, 0.4) is 0 Å². The van der Waals surface area contributed by atoms with Crippen molar-refractivity contribution < 1.29 is 18.1 Å². The van der Waals surface area contributed by atoms with Crippen LogP contribution < -0.4 is 5.32 Å². The molecule has 0 aliphatic carbocycles. The first-order valence-corrected chi connectivity index (χ1v) is 14.3. The van der Waals surface area contributed by atoms with Gasteiger partial charge in [-0.2, -0.15) is 0 Å². The van der Waals surface area contributed by atoms with E-state index in [2.05, 4.69) is 32.5 Å². The van der Waals surface area contributed by atoms with Gasteiger partial charge in [-0.1, -0.05) is 65.7 Å². The molecule has 179 valence electrons. The lowest BCUT2D eigenvalue weighted by Gasteiger charge is -2.32. The van der Waals surface area contributed by atoms with Crippen molar-refractivity contribution in [2.24, 2.45) is 5.41 Å². The average Bonchev–Trinajstić information content (AvgIpc) is 2.70. The van der Waals surface area contributed by atoms with E-state index in [-0.39, 0.29) is 11.3 Å². The molecule has 1 amide bonds. The van der Waals surface area contributed by atoms with Gasteiger partial charge in [-0.3, -0.25) is 4.79 Å². The van der Waals surface area contributed by atoms with E-state index >= 15 is 0 Å². The van der Waals surface area contributed by atoms with Crippen LogP contribution in [0.2, 0.25) is 6.04 Å². The molecule has 0 spiro atoms. The molecular weight excluding hydrogens is 394 g/mol. The maximum atomic E-state index is 12.2. The standard InChI is InChI=1S/C24H50NO4Si/c1-7-11-12-13-14-15-16-17-18-19-23(26)25-22-24(5,6)20-21-30(27-8-2,28-9-3)29-10-4/h17H,7-16,18-22H2,1-6H3,(H,25,26). The molecule has 0 aromatic rings. The summed E-state index contributed by atoms with van der Waals surface area (Å²) in [7, 11) is -2.62. The Hall–Kier alpha value is -0.433. The van der Waals surface area contributed by atoms with Crippen LogP contribution in [0.15, 0.2) is 0 Å². The van der Waals surface area contributed by atoms with Gasteiger partial charge in [0.25, 0.3) is 0 Å². The molecule has 0 unspecified atom stereocenters. The molecule has 0 aliphatic heterocycles. The fraction of sp³-hybridized carbons (Fsp3) is 0.917. The predicted octanol–water partition coefficient (Wildman–Crippen LogP) is 6.30. The summed E-state index contributed by atoms with van der Waals surface area (Å²) in [6.07, 6.45) is 13.7. The van der Waals surface area contributed by atoms with Crippen molar-refractivity contribution >= 4 is 14.7 Å². The van der Waals surface area contributed by atoms with Gasteiger partial charge in [-0.15, -0.1) is 0 Å². The molecule has 0 saturated heterocycles. The van der Waals surface area contributed by atoms with Gasteiger partial charge >= 0.3 is 8.80 Å². The Morgan fingerprint density at radius 2 is 1.43 bits per heavy atom. The summed E-state index contributed by atoms with van der Waals surface area (Å²) in [5.74, 6) is 0.144.